The molecular formula is C26H32N2O4. The summed E-state index contributed by atoms with van der Waals surface area (Å²) in [6.07, 6.45) is 0.719. The maximum Gasteiger partial charge on any atom is 0.295 e. The quantitative estimate of drug-likeness (QED) is 0.384. The molecule has 1 heterocycles. The van der Waals surface area contributed by atoms with Crippen molar-refractivity contribution in [3.63, 3.8) is 0 Å². The molecule has 1 fully saturated rings. The molecule has 1 aliphatic rings. The SMILES string of the molecule is CCOc1ccc([C@H]2C(=C(O)c3cc(C)ccc3C)C(=O)C(=O)N2CCCN(C)C)cc1. The fourth-order valence-corrected chi connectivity index (χ4v) is 4.06. The Labute approximate surface area is 190 Å². The van der Waals surface area contributed by atoms with Crippen molar-refractivity contribution < 1.29 is 19.4 Å². The van der Waals surface area contributed by atoms with Gasteiger partial charge >= 0.3 is 0 Å². The number of Topliss-reactive ketones (excluding diaryl/α,β-unsaturated/α-hetero) is 1. The number of carbonyl (C=O) groups excluding carboxylic acids is 2. The van der Waals surface area contributed by atoms with Crippen LogP contribution in [0.4, 0.5) is 0 Å². The highest BCUT2D eigenvalue weighted by molar-refractivity contribution is 6.46. The number of aliphatic hydroxyl groups excluding tert-OH is 1. The van der Waals surface area contributed by atoms with E-state index in [1.165, 1.54) is 0 Å². The molecule has 6 nitrogen and oxygen atoms in total. The molecule has 0 saturated carbocycles. The van der Waals surface area contributed by atoms with Crippen LogP contribution in [0.25, 0.3) is 5.76 Å². The molecule has 1 saturated heterocycles. The van der Waals surface area contributed by atoms with Gasteiger partial charge in [0.1, 0.15) is 11.5 Å². The average Bonchev–Trinajstić information content (AvgIpc) is 3.00. The zero-order valence-corrected chi connectivity index (χ0v) is 19.5. The molecule has 170 valence electrons. The first-order valence-corrected chi connectivity index (χ1v) is 11.0. The Hall–Kier alpha value is -3.12. The standard InChI is InChI=1S/C26H32N2O4/c1-6-32-20-12-10-19(11-13-20)23-22(24(29)21-16-17(2)8-9-18(21)3)25(30)26(31)28(23)15-7-14-27(4)5/h8-13,16,23,29H,6-7,14-15H2,1-5H3/t23-/m0/s1. The molecule has 2 aromatic rings. The van der Waals surface area contributed by atoms with Crippen LogP contribution < -0.4 is 4.74 Å². The summed E-state index contributed by atoms with van der Waals surface area (Å²) in [5.74, 6) is -0.629. The lowest BCUT2D eigenvalue weighted by atomic mass is 9.93. The zero-order chi connectivity index (χ0) is 23.4. The molecule has 1 amide bonds. The molecule has 6 heteroatoms. The highest BCUT2D eigenvalue weighted by Gasteiger charge is 2.45. The number of rotatable bonds is 8. The van der Waals surface area contributed by atoms with Gasteiger partial charge in [0.2, 0.25) is 0 Å². The summed E-state index contributed by atoms with van der Waals surface area (Å²) < 4.78 is 5.54. The zero-order valence-electron chi connectivity index (χ0n) is 19.5. The van der Waals surface area contributed by atoms with Gasteiger partial charge < -0.3 is 19.6 Å². The number of ether oxygens (including phenoxy) is 1. The first-order chi connectivity index (χ1) is 15.2. The van der Waals surface area contributed by atoms with Crippen LogP contribution in [0, 0.1) is 13.8 Å². The smallest absolute Gasteiger partial charge is 0.295 e. The maximum atomic E-state index is 13.1. The highest BCUT2D eigenvalue weighted by Crippen LogP contribution is 2.40. The summed E-state index contributed by atoms with van der Waals surface area (Å²) in [4.78, 5) is 29.8. The van der Waals surface area contributed by atoms with Crippen LogP contribution >= 0.6 is 0 Å². The lowest BCUT2D eigenvalue weighted by molar-refractivity contribution is -0.139. The monoisotopic (exact) mass is 436 g/mol. The Bertz CT molecular complexity index is 1020. The van der Waals surface area contributed by atoms with E-state index in [0.717, 1.165) is 35.4 Å². The number of ketones is 1. The third-order valence-electron chi connectivity index (χ3n) is 5.70. The minimum Gasteiger partial charge on any atom is -0.507 e. The van der Waals surface area contributed by atoms with Crippen LogP contribution in [0.3, 0.4) is 0 Å². The number of benzene rings is 2. The van der Waals surface area contributed by atoms with Crippen LogP contribution in [0.1, 0.15) is 41.6 Å². The van der Waals surface area contributed by atoms with E-state index in [-0.39, 0.29) is 11.3 Å². The van der Waals surface area contributed by atoms with E-state index in [1.54, 1.807) is 4.90 Å². The summed E-state index contributed by atoms with van der Waals surface area (Å²) in [6.45, 7) is 7.49. The van der Waals surface area contributed by atoms with Gasteiger partial charge in [0.05, 0.1) is 18.2 Å². The molecule has 0 radical (unpaired) electrons. The Morgan fingerprint density at radius 2 is 1.78 bits per heavy atom. The second kappa shape index (κ2) is 10.0. The lowest BCUT2D eigenvalue weighted by Gasteiger charge is -2.26. The number of likely N-dealkylation sites (tertiary alicyclic amines) is 1. The minimum atomic E-state index is -0.646. The fourth-order valence-electron chi connectivity index (χ4n) is 4.06. The third kappa shape index (κ3) is 4.86. The van der Waals surface area contributed by atoms with Gasteiger partial charge in [-0.2, -0.15) is 0 Å². The predicted octanol–water partition coefficient (Wildman–Crippen LogP) is 4.08. The molecule has 1 atom stereocenters. The van der Waals surface area contributed by atoms with Gasteiger partial charge in [-0.3, -0.25) is 9.59 Å². The number of carbonyl (C=O) groups is 2. The van der Waals surface area contributed by atoms with Crippen LogP contribution in [0.5, 0.6) is 5.75 Å². The number of hydrogen-bond acceptors (Lipinski definition) is 5. The van der Waals surface area contributed by atoms with Gasteiger partial charge in [-0.05, 0) is 77.2 Å². The topological polar surface area (TPSA) is 70.1 Å². The van der Waals surface area contributed by atoms with Gasteiger partial charge in [0, 0.05) is 12.1 Å². The Balaban J connectivity index is 2.11. The molecular weight excluding hydrogens is 404 g/mol. The van der Waals surface area contributed by atoms with Gasteiger partial charge in [-0.15, -0.1) is 0 Å². The Morgan fingerprint density at radius 1 is 1.09 bits per heavy atom. The number of nitrogens with zero attached hydrogens (tertiary/aromatic N) is 2. The molecule has 0 bridgehead atoms. The summed E-state index contributed by atoms with van der Waals surface area (Å²) in [6, 6.07) is 12.4. The van der Waals surface area contributed by atoms with E-state index >= 15 is 0 Å². The van der Waals surface area contributed by atoms with Gasteiger partial charge in [-0.1, -0.05) is 29.8 Å². The Morgan fingerprint density at radius 3 is 2.41 bits per heavy atom. The van der Waals surface area contributed by atoms with E-state index in [4.69, 9.17) is 4.74 Å². The van der Waals surface area contributed by atoms with Crippen molar-refractivity contribution in [3.05, 3.63) is 70.3 Å². The second-order valence-electron chi connectivity index (χ2n) is 8.47. The molecule has 2 aromatic carbocycles. The fraction of sp³-hybridized carbons (Fsp3) is 0.385. The van der Waals surface area contributed by atoms with Crippen molar-refractivity contribution in [2.45, 2.75) is 33.2 Å². The van der Waals surface area contributed by atoms with Crippen molar-refractivity contribution in [2.75, 3.05) is 33.8 Å². The first kappa shape index (κ1) is 23.5. The van der Waals surface area contributed by atoms with Crippen LogP contribution in [0.15, 0.2) is 48.0 Å². The largest absolute Gasteiger partial charge is 0.507 e. The number of aliphatic hydroxyl groups is 1. The summed E-state index contributed by atoms with van der Waals surface area (Å²) >= 11 is 0. The number of amides is 1. The van der Waals surface area contributed by atoms with E-state index in [1.807, 2.05) is 82.2 Å². The summed E-state index contributed by atoms with van der Waals surface area (Å²) in [7, 11) is 3.94. The van der Waals surface area contributed by atoms with E-state index < -0.39 is 17.7 Å². The normalized spacial score (nSPS) is 17.9. The molecule has 0 spiro atoms. The van der Waals surface area contributed by atoms with Crippen molar-refractivity contribution >= 4 is 17.4 Å². The van der Waals surface area contributed by atoms with E-state index in [2.05, 4.69) is 0 Å². The molecule has 1 aliphatic heterocycles. The third-order valence-corrected chi connectivity index (χ3v) is 5.70. The molecule has 32 heavy (non-hydrogen) atoms. The molecule has 0 aliphatic carbocycles. The minimum absolute atomic E-state index is 0.126. The van der Waals surface area contributed by atoms with E-state index in [0.29, 0.717) is 18.7 Å². The van der Waals surface area contributed by atoms with Gasteiger partial charge in [-0.25, -0.2) is 0 Å². The molecule has 0 unspecified atom stereocenters. The van der Waals surface area contributed by atoms with Crippen molar-refractivity contribution in [1.82, 2.24) is 9.80 Å². The van der Waals surface area contributed by atoms with Crippen molar-refractivity contribution in [1.29, 1.82) is 0 Å². The lowest BCUT2D eigenvalue weighted by Crippen LogP contribution is -2.32. The highest BCUT2D eigenvalue weighted by atomic mass is 16.5. The van der Waals surface area contributed by atoms with Gasteiger partial charge in [0.25, 0.3) is 11.7 Å². The van der Waals surface area contributed by atoms with Gasteiger partial charge in [0.15, 0.2) is 0 Å². The summed E-state index contributed by atoms with van der Waals surface area (Å²) in [5.41, 5.74) is 3.29. The average molecular weight is 437 g/mol. The molecule has 1 N–H and O–H groups in total. The van der Waals surface area contributed by atoms with Crippen LogP contribution in [-0.2, 0) is 9.59 Å². The second-order valence-corrected chi connectivity index (χ2v) is 8.47. The van der Waals surface area contributed by atoms with Crippen LogP contribution in [0.2, 0.25) is 0 Å². The van der Waals surface area contributed by atoms with Crippen molar-refractivity contribution in [2.24, 2.45) is 0 Å². The number of aryl methyl sites for hydroxylation is 2. The molecule has 0 aromatic heterocycles. The molecule has 3 rings (SSSR count). The summed E-state index contributed by atoms with van der Waals surface area (Å²) in [5, 5.41) is 11.3. The number of hydrogen-bond donors (Lipinski definition) is 1. The Kier molecular flexibility index (Phi) is 7.36. The van der Waals surface area contributed by atoms with Crippen LogP contribution in [-0.4, -0.2) is 60.4 Å². The van der Waals surface area contributed by atoms with Crippen molar-refractivity contribution in [3.8, 4) is 5.75 Å². The predicted molar refractivity (Wildman–Crippen MR) is 126 cm³/mol. The van der Waals surface area contributed by atoms with E-state index in [9.17, 15) is 14.7 Å². The first-order valence-electron chi connectivity index (χ1n) is 11.0. The maximum absolute atomic E-state index is 13.1.